The third kappa shape index (κ3) is 1.48. The van der Waals surface area contributed by atoms with Crippen LogP contribution >= 0.6 is 22.9 Å². The highest BCUT2D eigenvalue weighted by molar-refractivity contribution is 7.08. The van der Waals surface area contributed by atoms with Crippen molar-refractivity contribution >= 4 is 28.6 Å². The SMILES string of the molecule is ClCc1nnc2ccc(-c3ccsc3)nn12. The summed E-state index contributed by atoms with van der Waals surface area (Å²) in [6, 6.07) is 5.86. The Hall–Kier alpha value is -1.46. The summed E-state index contributed by atoms with van der Waals surface area (Å²) >= 11 is 7.41. The Morgan fingerprint density at radius 2 is 2.19 bits per heavy atom. The van der Waals surface area contributed by atoms with Gasteiger partial charge in [-0.25, -0.2) is 0 Å². The van der Waals surface area contributed by atoms with E-state index >= 15 is 0 Å². The van der Waals surface area contributed by atoms with E-state index in [1.54, 1.807) is 15.9 Å². The molecule has 0 aromatic carbocycles. The average molecular weight is 251 g/mol. The molecule has 0 bridgehead atoms. The fraction of sp³-hybridized carbons (Fsp3) is 0.100. The molecular formula is C10H7ClN4S. The smallest absolute Gasteiger partial charge is 0.177 e. The molecule has 0 saturated carbocycles. The van der Waals surface area contributed by atoms with E-state index in [1.165, 1.54) is 0 Å². The van der Waals surface area contributed by atoms with E-state index < -0.39 is 0 Å². The molecule has 0 atom stereocenters. The molecule has 3 heterocycles. The van der Waals surface area contributed by atoms with E-state index in [9.17, 15) is 0 Å². The van der Waals surface area contributed by atoms with Gasteiger partial charge in [-0.2, -0.15) is 21.0 Å². The maximum Gasteiger partial charge on any atom is 0.177 e. The summed E-state index contributed by atoms with van der Waals surface area (Å²) in [5.74, 6) is 0.968. The van der Waals surface area contributed by atoms with Crippen molar-refractivity contribution in [1.82, 2.24) is 19.8 Å². The van der Waals surface area contributed by atoms with Crippen molar-refractivity contribution in [2.45, 2.75) is 5.88 Å². The molecule has 0 spiro atoms. The molecule has 0 aliphatic rings. The maximum absolute atomic E-state index is 5.76. The second kappa shape index (κ2) is 3.84. The van der Waals surface area contributed by atoms with E-state index in [2.05, 4.69) is 20.7 Å². The molecule has 0 unspecified atom stereocenters. The maximum atomic E-state index is 5.76. The predicted octanol–water partition coefficient (Wildman–Crippen LogP) is 2.59. The summed E-state index contributed by atoms with van der Waals surface area (Å²) < 4.78 is 1.68. The quantitative estimate of drug-likeness (QED) is 0.657. The van der Waals surface area contributed by atoms with Crippen molar-refractivity contribution in [2.24, 2.45) is 0 Å². The molecule has 0 aliphatic carbocycles. The fourth-order valence-electron chi connectivity index (χ4n) is 1.48. The second-order valence-electron chi connectivity index (χ2n) is 3.25. The normalized spacial score (nSPS) is 11.1. The Bertz CT molecular complexity index is 617. The molecule has 0 aliphatic heterocycles. The van der Waals surface area contributed by atoms with Crippen LogP contribution in [-0.2, 0) is 5.88 Å². The molecule has 80 valence electrons. The number of hydrogen-bond donors (Lipinski definition) is 0. The lowest BCUT2D eigenvalue weighted by molar-refractivity contribution is 0.869. The topological polar surface area (TPSA) is 43.1 Å². The van der Waals surface area contributed by atoms with Crippen molar-refractivity contribution in [3.8, 4) is 11.3 Å². The highest BCUT2D eigenvalue weighted by Gasteiger charge is 2.07. The number of rotatable bonds is 2. The molecule has 3 aromatic rings. The van der Waals surface area contributed by atoms with Crippen LogP contribution in [0, 0.1) is 0 Å². The van der Waals surface area contributed by atoms with Crippen molar-refractivity contribution in [3.63, 3.8) is 0 Å². The first-order valence-electron chi connectivity index (χ1n) is 4.68. The Balaban J connectivity index is 2.21. The van der Waals surface area contributed by atoms with Crippen LogP contribution in [0.2, 0.25) is 0 Å². The molecule has 0 amide bonds. The van der Waals surface area contributed by atoms with Gasteiger partial charge in [0.05, 0.1) is 11.6 Å². The van der Waals surface area contributed by atoms with Crippen LogP contribution in [0.1, 0.15) is 5.82 Å². The first-order chi connectivity index (χ1) is 7.88. The Kier molecular flexibility index (Phi) is 2.34. The summed E-state index contributed by atoms with van der Waals surface area (Å²) in [7, 11) is 0. The minimum atomic E-state index is 0.307. The van der Waals surface area contributed by atoms with Gasteiger partial charge in [0.2, 0.25) is 0 Å². The number of hydrogen-bond acceptors (Lipinski definition) is 4. The van der Waals surface area contributed by atoms with Crippen molar-refractivity contribution in [1.29, 1.82) is 0 Å². The van der Waals surface area contributed by atoms with Gasteiger partial charge in [-0.15, -0.1) is 21.8 Å². The zero-order valence-corrected chi connectivity index (χ0v) is 9.74. The monoisotopic (exact) mass is 250 g/mol. The van der Waals surface area contributed by atoms with Crippen LogP contribution in [0.15, 0.2) is 29.0 Å². The molecule has 0 radical (unpaired) electrons. The largest absolute Gasteiger partial charge is 0.196 e. The molecule has 6 heteroatoms. The summed E-state index contributed by atoms with van der Waals surface area (Å²) in [5, 5.41) is 16.5. The molecular weight excluding hydrogens is 244 g/mol. The van der Waals surface area contributed by atoms with Crippen LogP contribution in [0.25, 0.3) is 16.9 Å². The average Bonchev–Trinajstić information content (AvgIpc) is 2.97. The van der Waals surface area contributed by atoms with Crippen molar-refractivity contribution < 1.29 is 0 Å². The summed E-state index contributed by atoms with van der Waals surface area (Å²) in [5.41, 5.74) is 2.72. The summed E-state index contributed by atoms with van der Waals surface area (Å²) in [4.78, 5) is 0. The van der Waals surface area contributed by atoms with E-state index in [0.29, 0.717) is 11.7 Å². The van der Waals surface area contributed by atoms with Gasteiger partial charge < -0.3 is 0 Å². The zero-order chi connectivity index (χ0) is 11.0. The number of halogens is 1. The van der Waals surface area contributed by atoms with Gasteiger partial charge in [0.1, 0.15) is 0 Å². The van der Waals surface area contributed by atoms with Gasteiger partial charge in [-0.05, 0) is 23.6 Å². The van der Waals surface area contributed by atoms with Crippen LogP contribution < -0.4 is 0 Å². The summed E-state index contributed by atoms with van der Waals surface area (Å²) in [6.07, 6.45) is 0. The highest BCUT2D eigenvalue weighted by Crippen LogP contribution is 2.20. The number of fused-ring (bicyclic) bond motifs is 1. The van der Waals surface area contributed by atoms with Crippen LogP contribution in [0.3, 0.4) is 0 Å². The second-order valence-corrected chi connectivity index (χ2v) is 4.30. The van der Waals surface area contributed by atoms with Crippen LogP contribution in [0.5, 0.6) is 0 Å². The number of alkyl halides is 1. The van der Waals surface area contributed by atoms with Crippen LogP contribution in [0.4, 0.5) is 0 Å². The molecule has 16 heavy (non-hydrogen) atoms. The van der Waals surface area contributed by atoms with E-state index in [-0.39, 0.29) is 0 Å². The third-order valence-corrected chi connectivity index (χ3v) is 3.19. The molecule has 4 nitrogen and oxygen atoms in total. The molecule has 0 saturated heterocycles. The molecule has 3 rings (SSSR count). The Labute approximate surface area is 101 Å². The first-order valence-corrected chi connectivity index (χ1v) is 6.16. The first kappa shape index (κ1) is 9.74. The highest BCUT2D eigenvalue weighted by atomic mass is 35.5. The van der Waals surface area contributed by atoms with Crippen molar-refractivity contribution in [3.05, 3.63) is 34.8 Å². The lowest BCUT2D eigenvalue weighted by Gasteiger charge is -1.99. The van der Waals surface area contributed by atoms with Crippen molar-refractivity contribution in [2.75, 3.05) is 0 Å². The standard InChI is InChI=1S/C10H7ClN4S/c11-5-10-13-12-9-2-1-8(14-15(9)10)7-3-4-16-6-7/h1-4,6H,5H2. The third-order valence-electron chi connectivity index (χ3n) is 2.26. The molecule has 3 aromatic heterocycles. The lowest BCUT2D eigenvalue weighted by Crippen LogP contribution is -1.97. The molecule has 0 fully saturated rings. The number of aromatic nitrogens is 4. The minimum Gasteiger partial charge on any atom is -0.196 e. The number of nitrogens with zero attached hydrogens (tertiary/aromatic N) is 4. The van der Waals surface area contributed by atoms with Gasteiger partial charge in [-0.3, -0.25) is 0 Å². The summed E-state index contributed by atoms with van der Waals surface area (Å²) in [6.45, 7) is 0. The van der Waals surface area contributed by atoms with Gasteiger partial charge in [-0.1, -0.05) is 0 Å². The Morgan fingerprint density at radius 1 is 1.25 bits per heavy atom. The van der Waals surface area contributed by atoms with E-state index in [0.717, 1.165) is 16.9 Å². The van der Waals surface area contributed by atoms with E-state index in [1.807, 2.05) is 23.6 Å². The van der Waals surface area contributed by atoms with E-state index in [4.69, 9.17) is 11.6 Å². The lowest BCUT2D eigenvalue weighted by atomic mass is 10.2. The van der Waals surface area contributed by atoms with Gasteiger partial charge in [0.15, 0.2) is 11.5 Å². The number of thiophene rings is 1. The van der Waals surface area contributed by atoms with Gasteiger partial charge >= 0.3 is 0 Å². The van der Waals surface area contributed by atoms with Crippen LogP contribution in [-0.4, -0.2) is 19.8 Å². The van der Waals surface area contributed by atoms with Gasteiger partial charge in [0.25, 0.3) is 0 Å². The fourth-order valence-corrected chi connectivity index (χ4v) is 2.30. The molecule has 0 N–H and O–H groups in total. The predicted molar refractivity (Wildman–Crippen MR) is 63.7 cm³/mol. The van der Waals surface area contributed by atoms with Gasteiger partial charge in [0, 0.05) is 10.9 Å². The zero-order valence-electron chi connectivity index (χ0n) is 8.17. The Morgan fingerprint density at radius 3 is 2.94 bits per heavy atom. The minimum absolute atomic E-state index is 0.307.